The fraction of sp³-hybridized carbons (Fsp3) is 0.696. The maximum Gasteiger partial charge on any atom is 0.191 e. The molecule has 1 aromatic carbocycles. The van der Waals surface area contributed by atoms with Gasteiger partial charge >= 0.3 is 0 Å². The summed E-state index contributed by atoms with van der Waals surface area (Å²) in [6.45, 7) is 6.61. The molecule has 2 saturated heterocycles. The van der Waals surface area contributed by atoms with Gasteiger partial charge in [0.05, 0.1) is 19.3 Å². The van der Waals surface area contributed by atoms with Crippen LogP contribution in [-0.4, -0.2) is 80.8 Å². The van der Waals surface area contributed by atoms with Crippen molar-refractivity contribution in [2.45, 2.75) is 50.2 Å². The minimum Gasteiger partial charge on any atom is -0.379 e. The predicted molar refractivity (Wildman–Crippen MR) is 139 cm³/mol. The summed E-state index contributed by atoms with van der Waals surface area (Å²) >= 11 is 6.12. The summed E-state index contributed by atoms with van der Waals surface area (Å²) in [5.41, 5.74) is 1.28. The Bertz CT molecular complexity index is 692. The second-order valence-corrected chi connectivity index (χ2v) is 9.17. The fourth-order valence-corrected chi connectivity index (χ4v) is 5.25. The smallest absolute Gasteiger partial charge is 0.191 e. The molecule has 0 radical (unpaired) electrons. The second kappa shape index (κ2) is 12.6. The van der Waals surface area contributed by atoms with Crippen molar-refractivity contribution in [1.29, 1.82) is 0 Å². The zero-order valence-electron chi connectivity index (χ0n) is 18.6. The van der Waals surface area contributed by atoms with Crippen LogP contribution >= 0.6 is 35.6 Å². The van der Waals surface area contributed by atoms with E-state index in [1.165, 1.54) is 44.2 Å². The van der Waals surface area contributed by atoms with Crippen molar-refractivity contribution in [2.75, 3.05) is 53.0 Å². The number of likely N-dealkylation sites (tertiary alicyclic amines) is 1. The number of hydrogen-bond donors (Lipinski definition) is 2. The zero-order valence-corrected chi connectivity index (χ0v) is 21.6. The second-order valence-electron chi connectivity index (χ2n) is 8.73. The molecular weight excluding hydrogens is 525 g/mol. The Kier molecular flexibility index (Phi) is 10.2. The summed E-state index contributed by atoms with van der Waals surface area (Å²) in [4.78, 5) is 9.68. The van der Waals surface area contributed by atoms with Crippen molar-refractivity contribution in [1.82, 2.24) is 20.4 Å². The van der Waals surface area contributed by atoms with Gasteiger partial charge in [0.1, 0.15) is 0 Å². The van der Waals surface area contributed by atoms with Crippen LogP contribution in [0.4, 0.5) is 0 Å². The van der Waals surface area contributed by atoms with Crippen LogP contribution in [0.5, 0.6) is 0 Å². The van der Waals surface area contributed by atoms with Crippen molar-refractivity contribution >= 4 is 41.5 Å². The van der Waals surface area contributed by atoms with Gasteiger partial charge in [0, 0.05) is 56.9 Å². The van der Waals surface area contributed by atoms with Crippen molar-refractivity contribution in [3.8, 4) is 0 Å². The van der Waals surface area contributed by atoms with Crippen LogP contribution < -0.4 is 10.6 Å². The molecule has 0 spiro atoms. The van der Waals surface area contributed by atoms with Crippen LogP contribution in [0.15, 0.2) is 29.3 Å². The third-order valence-corrected chi connectivity index (χ3v) is 7.08. The lowest BCUT2D eigenvalue weighted by molar-refractivity contribution is 0.0170. The first kappa shape index (κ1) is 25.0. The third-order valence-electron chi connectivity index (χ3n) is 6.83. The van der Waals surface area contributed by atoms with Gasteiger partial charge in [-0.3, -0.25) is 14.8 Å². The highest BCUT2D eigenvalue weighted by Gasteiger charge is 2.30. The van der Waals surface area contributed by atoms with E-state index in [0.29, 0.717) is 6.04 Å². The van der Waals surface area contributed by atoms with Crippen LogP contribution in [0.3, 0.4) is 0 Å². The van der Waals surface area contributed by atoms with E-state index >= 15 is 0 Å². The van der Waals surface area contributed by atoms with E-state index in [2.05, 4.69) is 37.6 Å². The average molecular weight is 562 g/mol. The molecule has 8 heteroatoms. The molecule has 2 heterocycles. The average Bonchev–Trinajstić information content (AvgIpc) is 3.47. The number of guanidine groups is 1. The first-order valence-corrected chi connectivity index (χ1v) is 11.9. The Hall–Kier alpha value is -0.610. The molecule has 0 amide bonds. The molecule has 4 rings (SSSR count). The molecular formula is C23H37ClIN5O. The van der Waals surface area contributed by atoms with Gasteiger partial charge in [-0.1, -0.05) is 36.6 Å². The van der Waals surface area contributed by atoms with Gasteiger partial charge in [-0.15, -0.1) is 24.0 Å². The molecule has 31 heavy (non-hydrogen) atoms. The largest absolute Gasteiger partial charge is 0.379 e. The van der Waals surface area contributed by atoms with Gasteiger partial charge in [0.25, 0.3) is 0 Å². The minimum absolute atomic E-state index is 0. The van der Waals surface area contributed by atoms with E-state index in [1.807, 2.05) is 19.2 Å². The van der Waals surface area contributed by atoms with Gasteiger partial charge < -0.3 is 15.4 Å². The number of nitrogens with zero attached hydrogens (tertiary/aromatic N) is 3. The molecule has 1 aliphatic carbocycles. The lowest BCUT2D eigenvalue weighted by atomic mass is 10.0. The Balaban J connectivity index is 0.00000272. The standard InChI is InChI=1S/C23H36ClN5O.HI/c1-25-23(27-20-10-11-29(17-20)21-4-2-3-5-21)26-16-22(28-12-14-30-15-13-28)18-6-8-19(24)9-7-18;/h6-9,20-22H,2-5,10-17H2,1H3,(H2,25,26,27);1H. The molecule has 1 aromatic rings. The van der Waals surface area contributed by atoms with Crippen molar-refractivity contribution < 1.29 is 4.74 Å². The first-order chi connectivity index (χ1) is 14.7. The number of rotatable bonds is 6. The summed E-state index contributed by atoms with van der Waals surface area (Å²) in [5, 5.41) is 8.04. The van der Waals surface area contributed by atoms with Crippen molar-refractivity contribution in [3.05, 3.63) is 34.9 Å². The highest BCUT2D eigenvalue weighted by molar-refractivity contribution is 14.0. The van der Waals surface area contributed by atoms with E-state index in [0.717, 1.165) is 56.4 Å². The maximum atomic E-state index is 6.12. The molecule has 0 aromatic heterocycles. The van der Waals surface area contributed by atoms with E-state index in [9.17, 15) is 0 Å². The van der Waals surface area contributed by atoms with Gasteiger partial charge in [0.15, 0.2) is 5.96 Å². The Morgan fingerprint density at radius 2 is 1.84 bits per heavy atom. The van der Waals surface area contributed by atoms with Crippen LogP contribution in [0, 0.1) is 0 Å². The van der Waals surface area contributed by atoms with E-state index < -0.39 is 0 Å². The monoisotopic (exact) mass is 561 g/mol. The summed E-state index contributed by atoms with van der Waals surface area (Å²) < 4.78 is 5.57. The van der Waals surface area contributed by atoms with Crippen LogP contribution in [-0.2, 0) is 4.74 Å². The first-order valence-electron chi connectivity index (χ1n) is 11.5. The number of ether oxygens (including phenoxy) is 1. The molecule has 2 N–H and O–H groups in total. The van der Waals surface area contributed by atoms with Gasteiger partial charge in [0.2, 0.25) is 0 Å². The molecule has 2 aliphatic heterocycles. The summed E-state index contributed by atoms with van der Waals surface area (Å²) in [6.07, 6.45) is 6.75. The zero-order chi connectivity index (χ0) is 20.8. The molecule has 0 bridgehead atoms. The van der Waals surface area contributed by atoms with Crippen LogP contribution in [0.25, 0.3) is 0 Å². The lowest BCUT2D eigenvalue weighted by Crippen LogP contribution is -2.49. The Morgan fingerprint density at radius 3 is 2.52 bits per heavy atom. The van der Waals surface area contributed by atoms with Gasteiger partial charge in [-0.2, -0.15) is 0 Å². The molecule has 3 fully saturated rings. The van der Waals surface area contributed by atoms with Crippen LogP contribution in [0.1, 0.15) is 43.7 Å². The maximum absolute atomic E-state index is 6.12. The number of benzene rings is 1. The molecule has 6 nitrogen and oxygen atoms in total. The fourth-order valence-electron chi connectivity index (χ4n) is 5.12. The summed E-state index contributed by atoms with van der Waals surface area (Å²) in [7, 11) is 1.87. The SMILES string of the molecule is CN=C(NCC(c1ccc(Cl)cc1)N1CCOCC1)NC1CCN(C2CCCC2)C1.I. The summed E-state index contributed by atoms with van der Waals surface area (Å²) in [5.74, 6) is 0.903. The highest BCUT2D eigenvalue weighted by Crippen LogP contribution is 2.26. The van der Waals surface area contributed by atoms with Gasteiger partial charge in [-0.25, -0.2) is 0 Å². The quantitative estimate of drug-likeness (QED) is 0.316. The highest BCUT2D eigenvalue weighted by atomic mass is 127. The number of hydrogen-bond acceptors (Lipinski definition) is 4. The number of nitrogens with one attached hydrogen (secondary N) is 2. The predicted octanol–water partition coefficient (Wildman–Crippen LogP) is 3.51. The van der Waals surface area contributed by atoms with Crippen LogP contribution in [0.2, 0.25) is 5.02 Å². The van der Waals surface area contributed by atoms with Gasteiger partial charge in [-0.05, 0) is 37.0 Å². The van der Waals surface area contributed by atoms with E-state index in [-0.39, 0.29) is 30.0 Å². The van der Waals surface area contributed by atoms with Crippen molar-refractivity contribution in [2.24, 2.45) is 4.99 Å². The normalized spacial score (nSPS) is 24.7. The molecule has 1 saturated carbocycles. The van der Waals surface area contributed by atoms with Crippen molar-refractivity contribution in [3.63, 3.8) is 0 Å². The number of aliphatic imine (C=N–C) groups is 1. The number of halogens is 2. The Labute approximate surface area is 209 Å². The number of morpholine rings is 1. The Morgan fingerprint density at radius 1 is 1.13 bits per heavy atom. The minimum atomic E-state index is 0. The molecule has 2 atom stereocenters. The molecule has 3 aliphatic rings. The van der Waals surface area contributed by atoms with E-state index in [1.54, 1.807) is 0 Å². The van der Waals surface area contributed by atoms with E-state index in [4.69, 9.17) is 16.3 Å². The topological polar surface area (TPSA) is 52.1 Å². The molecule has 2 unspecified atom stereocenters. The summed E-state index contributed by atoms with van der Waals surface area (Å²) in [6, 6.07) is 9.79. The lowest BCUT2D eigenvalue weighted by Gasteiger charge is -2.35. The molecule has 174 valence electrons. The third kappa shape index (κ3) is 6.93.